The molecular weight excluding hydrogens is 268 g/mol. The van der Waals surface area contributed by atoms with Crippen LogP contribution in [0.25, 0.3) is 0 Å². The van der Waals surface area contributed by atoms with Crippen molar-refractivity contribution >= 4 is 14.3 Å². The van der Waals surface area contributed by atoms with Crippen LogP contribution in [0.5, 0.6) is 0 Å². The number of carbonyl (C=O) groups is 1. The first-order valence-electron chi connectivity index (χ1n) is 7.58. The zero-order valence-corrected chi connectivity index (χ0v) is 15.4. The van der Waals surface area contributed by atoms with Crippen LogP contribution in [0.3, 0.4) is 0 Å². The summed E-state index contributed by atoms with van der Waals surface area (Å²) in [6.07, 6.45) is 4.52. The average Bonchev–Trinajstić information content (AvgIpc) is 2.27. The minimum atomic E-state index is -1.77. The van der Waals surface area contributed by atoms with E-state index in [0.29, 0.717) is 6.61 Å². The zero-order valence-electron chi connectivity index (χ0n) is 14.4. The van der Waals surface area contributed by atoms with Gasteiger partial charge in [-0.3, -0.25) is 0 Å². The van der Waals surface area contributed by atoms with E-state index in [4.69, 9.17) is 9.16 Å². The Kier molecular flexibility index (Phi) is 7.74. The highest BCUT2D eigenvalue weighted by Gasteiger charge is 2.39. The molecule has 4 heteroatoms. The number of rotatable bonds is 7. The Hall–Kier alpha value is -0.613. The summed E-state index contributed by atoms with van der Waals surface area (Å²) in [5, 5.41) is 0.199. The lowest BCUT2D eigenvalue weighted by molar-refractivity contribution is -0.137. The van der Waals surface area contributed by atoms with E-state index < -0.39 is 8.32 Å². The van der Waals surface area contributed by atoms with Crippen molar-refractivity contribution in [2.45, 2.75) is 72.2 Å². The first kappa shape index (κ1) is 19.4. The van der Waals surface area contributed by atoms with Gasteiger partial charge in [0, 0.05) is 18.1 Å². The summed E-state index contributed by atoms with van der Waals surface area (Å²) < 4.78 is 11.3. The van der Waals surface area contributed by atoms with Gasteiger partial charge in [0.05, 0.1) is 6.61 Å². The van der Waals surface area contributed by atoms with Crippen molar-refractivity contribution in [1.29, 1.82) is 0 Å². The second-order valence-electron chi connectivity index (χ2n) is 6.77. The molecule has 0 fully saturated rings. The van der Waals surface area contributed by atoms with Gasteiger partial charge in [0.2, 0.25) is 0 Å². The van der Waals surface area contributed by atoms with Crippen LogP contribution >= 0.6 is 0 Å². The van der Waals surface area contributed by atoms with E-state index in [0.717, 1.165) is 6.42 Å². The molecular formula is C16H32O3Si. The Labute approximate surface area is 125 Å². The molecule has 0 saturated heterocycles. The van der Waals surface area contributed by atoms with Gasteiger partial charge in [-0.25, -0.2) is 4.79 Å². The molecule has 0 aromatic rings. The van der Waals surface area contributed by atoms with Gasteiger partial charge in [0.15, 0.2) is 8.32 Å². The normalized spacial score (nSPS) is 16.2. The predicted molar refractivity (Wildman–Crippen MR) is 87.3 cm³/mol. The highest BCUT2D eigenvalue weighted by molar-refractivity contribution is 6.74. The van der Waals surface area contributed by atoms with Crippen molar-refractivity contribution in [2.24, 2.45) is 5.92 Å². The highest BCUT2D eigenvalue weighted by Crippen LogP contribution is 2.38. The largest absolute Gasteiger partial charge is 0.463 e. The molecule has 0 bridgehead atoms. The molecule has 0 aromatic heterocycles. The summed E-state index contributed by atoms with van der Waals surface area (Å²) in [5.41, 5.74) is 0. The highest BCUT2D eigenvalue weighted by atomic mass is 28.4. The van der Waals surface area contributed by atoms with Gasteiger partial charge in [0.1, 0.15) is 0 Å². The van der Waals surface area contributed by atoms with Gasteiger partial charge in [-0.05, 0) is 38.4 Å². The van der Waals surface area contributed by atoms with Crippen molar-refractivity contribution in [1.82, 2.24) is 0 Å². The third kappa shape index (κ3) is 6.22. The van der Waals surface area contributed by atoms with Crippen LogP contribution in [-0.4, -0.2) is 27.0 Å². The molecule has 118 valence electrons. The van der Waals surface area contributed by atoms with Crippen molar-refractivity contribution in [3.05, 3.63) is 12.2 Å². The van der Waals surface area contributed by atoms with Gasteiger partial charge in [-0.1, -0.05) is 33.8 Å². The fourth-order valence-electron chi connectivity index (χ4n) is 1.75. The average molecular weight is 301 g/mol. The third-order valence-corrected chi connectivity index (χ3v) is 8.70. The molecule has 20 heavy (non-hydrogen) atoms. The van der Waals surface area contributed by atoms with E-state index in [-0.39, 0.29) is 23.0 Å². The maximum absolute atomic E-state index is 11.4. The number of hydrogen-bond donors (Lipinski definition) is 0. The monoisotopic (exact) mass is 300 g/mol. The second kappa shape index (κ2) is 7.98. The molecule has 2 atom stereocenters. The maximum atomic E-state index is 11.4. The third-order valence-electron chi connectivity index (χ3n) is 4.13. The molecule has 0 aromatic carbocycles. The lowest BCUT2D eigenvalue weighted by Gasteiger charge is -2.40. The van der Waals surface area contributed by atoms with E-state index in [1.807, 2.05) is 13.0 Å². The first-order valence-corrected chi connectivity index (χ1v) is 10.5. The molecule has 0 aliphatic heterocycles. The molecule has 0 heterocycles. The van der Waals surface area contributed by atoms with E-state index >= 15 is 0 Å². The first-order chi connectivity index (χ1) is 9.05. The SMILES string of the molecule is CCOC(=O)/C=C\[C@H](CC)[C@@H](C)O[Si](C)(C)C(C)(C)C. The van der Waals surface area contributed by atoms with Crippen LogP contribution in [0.2, 0.25) is 18.1 Å². The summed E-state index contributed by atoms with van der Waals surface area (Å²) >= 11 is 0. The van der Waals surface area contributed by atoms with Gasteiger partial charge in [-0.2, -0.15) is 0 Å². The van der Waals surface area contributed by atoms with Crippen LogP contribution < -0.4 is 0 Å². The fraction of sp³-hybridized carbons (Fsp3) is 0.812. The van der Waals surface area contributed by atoms with E-state index in [1.54, 1.807) is 0 Å². The predicted octanol–water partition coefficient (Wildman–Crippen LogP) is 4.54. The Morgan fingerprint density at radius 1 is 1.25 bits per heavy atom. The van der Waals surface area contributed by atoms with E-state index in [1.165, 1.54) is 6.08 Å². The quantitative estimate of drug-likeness (QED) is 0.393. The molecule has 0 saturated carbocycles. The van der Waals surface area contributed by atoms with Crippen molar-refractivity contribution < 1.29 is 14.0 Å². The number of esters is 1. The molecule has 0 spiro atoms. The smallest absolute Gasteiger partial charge is 0.330 e. The topological polar surface area (TPSA) is 35.5 Å². The molecule has 0 aliphatic rings. The molecule has 0 amide bonds. The molecule has 0 radical (unpaired) electrons. The van der Waals surface area contributed by atoms with Gasteiger partial charge in [0.25, 0.3) is 0 Å². The Balaban J connectivity index is 4.71. The number of hydrogen-bond acceptors (Lipinski definition) is 3. The Morgan fingerprint density at radius 3 is 2.20 bits per heavy atom. The second-order valence-corrected chi connectivity index (χ2v) is 11.5. The molecule has 0 aliphatic carbocycles. The summed E-state index contributed by atoms with van der Waals surface area (Å²) in [5.74, 6) is -0.0287. The summed E-state index contributed by atoms with van der Waals surface area (Å²) in [7, 11) is -1.77. The number of ether oxygens (including phenoxy) is 1. The zero-order chi connectivity index (χ0) is 16.0. The van der Waals surface area contributed by atoms with Crippen LogP contribution in [0.15, 0.2) is 12.2 Å². The van der Waals surface area contributed by atoms with E-state index in [9.17, 15) is 4.79 Å². The van der Waals surface area contributed by atoms with Crippen LogP contribution in [0, 0.1) is 5.92 Å². The summed E-state index contributed by atoms with van der Waals surface area (Å²) in [6, 6.07) is 0. The van der Waals surface area contributed by atoms with Crippen molar-refractivity contribution in [3.8, 4) is 0 Å². The lowest BCUT2D eigenvalue weighted by Crippen LogP contribution is -2.44. The van der Waals surface area contributed by atoms with Crippen molar-refractivity contribution in [3.63, 3.8) is 0 Å². The standard InChI is InChI=1S/C16H32O3Si/c1-9-14(11-12-15(17)18-10-2)13(3)19-20(7,8)16(4,5)6/h11-14H,9-10H2,1-8H3/b12-11-/t13-,14+/m1/s1. The van der Waals surface area contributed by atoms with Gasteiger partial charge >= 0.3 is 5.97 Å². The van der Waals surface area contributed by atoms with Crippen LogP contribution in [0.1, 0.15) is 48.0 Å². The van der Waals surface area contributed by atoms with E-state index in [2.05, 4.69) is 47.7 Å². The lowest BCUT2D eigenvalue weighted by atomic mass is 10.0. The minimum Gasteiger partial charge on any atom is -0.463 e. The van der Waals surface area contributed by atoms with Crippen molar-refractivity contribution in [2.75, 3.05) is 6.61 Å². The van der Waals surface area contributed by atoms with Crippen LogP contribution in [-0.2, 0) is 14.0 Å². The van der Waals surface area contributed by atoms with Crippen LogP contribution in [0.4, 0.5) is 0 Å². The summed E-state index contributed by atoms with van der Waals surface area (Å²) in [6.45, 7) is 17.7. The fourth-order valence-corrected chi connectivity index (χ4v) is 3.20. The maximum Gasteiger partial charge on any atom is 0.330 e. The molecule has 0 unspecified atom stereocenters. The molecule has 0 rings (SSSR count). The van der Waals surface area contributed by atoms with Gasteiger partial charge in [-0.15, -0.1) is 0 Å². The van der Waals surface area contributed by atoms with Gasteiger partial charge < -0.3 is 9.16 Å². The minimum absolute atomic E-state index is 0.117. The Morgan fingerprint density at radius 2 is 1.80 bits per heavy atom. The number of carbonyl (C=O) groups excluding carboxylic acids is 1. The molecule has 3 nitrogen and oxygen atoms in total. The Bertz CT molecular complexity index is 329. The molecule has 0 N–H and O–H groups in total. The summed E-state index contributed by atoms with van der Waals surface area (Å²) in [4.78, 5) is 11.4.